The first-order chi connectivity index (χ1) is 10.5. The molecule has 0 fully saturated rings. The van der Waals surface area contributed by atoms with Crippen molar-refractivity contribution in [2.24, 2.45) is 5.84 Å². The van der Waals surface area contributed by atoms with Gasteiger partial charge in [0.05, 0.1) is 10.7 Å². The van der Waals surface area contributed by atoms with Crippen molar-refractivity contribution < 1.29 is 5.48 Å². The Labute approximate surface area is 140 Å². The van der Waals surface area contributed by atoms with E-state index < -0.39 is 16.3 Å². The Morgan fingerprint density at radius 2 is 1.35 bits per heavy atom. The Kier molecular flexibility index (Phi) is 6.41. The molecule has 3 aromatic carbocycles. The molecule has 0 saturated carbocycles. The first kappa shape index (κ1) is 18.8. The van der Waals surface area contributed by atoms with E-state index in [0.717, 1.165) is 0 Å². The predicted octanol–water partition coefficient (Wildman–Crippen LogP) is 1.25. The number of benzene rings is 2. The lowest BCUT2D eigenvalue weighted by Crippen LogP contribution is -2.29. The highest BCUT2D eigenvalue weighted by atomic mass is 35.5. The molecule has 120 valence electrons. The van der Waals surface area contributed by atoms with Gasteiger partial charge in [-0.15, -0.1) is 0 Å². The Morgan fingerprint density at radius 1 is 0.826 bits per heavy atom. The summed E-state index contributed by atoms with van der Waals surface area (Å²) >= 11 is 11.3. The van der Waals surface area contributed by atoms with Gasteiger partial charge in [-0.3, -0.25) is 20.2 Å². The summed E-state index contributed by atoms with van der Waals surface area (Å²) in [6.07, 6.45) is 0. The van der Waals surface area contributed by atoms with Crippen LogP contribution >= 0.6 is 23.2 Å². The maximum atomic E-state index is 11.0. The van der Waals surface area contributed by atoms with Crippen LogP contribution in [0.5, 0.6) is 0 Å². The lowest BCUT2D eigenvalue weighted by molar-refractivity contribution is 0.824. The molecule has 0 unspecified atom stereocenters. The zero-order valence-corrected chi connectivity index (χ0v) is 13.1. The van der Waals surface area contributed by atoms with Crippen LogP contribution in [0.4, 0.5) is 5.69 Å². The first-order valence-electron chi connectivity index (χ1n) is 6.09. The number of hydrogen-bond donors (Lipinski definition) is 2. The van der Waals surface area contributed by atoms with Crippen LogP contribution in [0.15, 0.2) is 56.8 Å². The zero-order valence-electron chi connectivity index (χ0n) is 11.6. The monoisotopic (exact) mass is 354 g/mol. The maximum absolute atomic E-state index is 11.0. The quantitative estimate of drug-likeness (QED) is 0.387. The lowest BCUT2D eigenvalue weighted by atomic mass is 10.2. The number of hydrogen-bond acceptors (Lipinski definition) is 5. The fourth-order valence-corrected chi connectivity index (χ4v) is 2.30. The molecule has 0 bridgehead atoms. The van der Waals surface area contributed by atoms with Gasteiger partial charge in [0, 0.05) is 15.8 Å². The summed E-state index contributed by atoms with van der Waals surface area (Å²) < 4.78 is 0. The zero-order chi connectivity index (χ0) is 16.3. The van der Waals surface area contributed by atoms with Gasteiger partial charge >= 0.3 is 0 Å². The number of rotatable bonds is 1. The van der Waals surface area contributed by atoms with Gasteiger partial charge in [0.15, 0.2) is 0 Å². The van der Waals surface area contributed by atoms with E-state index in [-0.39, 0.29) is 16.2 Å². The number of halogens is 2. The summed E-state index contributed by atoms with van der Waals surface area (Å²) in [6, 6.07) is 11.3. The SMILES string of the molecule is NNc1ccc(Cl)cc1Cl.O.O=c1c(=O)c2ccccc2c1=O. The van der Waals surface area contributed by atoms with E-state index in [1.54, 1.807) is 30.3 Å². The van der Waals surface area contributed by atoms with Crippen LogP contribution in [0.1, 0.15) is 0 Å². The lowest BCUT2D eigenvalue weighted by Gasteiger charge is -2.01. The number of nitrogens with one attached hydrogen (secondary N) is 1. The van der Waals surface area contributed by atoms with Gasteiger partial charge in [0.25, 0.3) is 5.43 Å². The van der Waals surface area contributed by atoms with Gasteiger partial charge in [-0.25, -0.2) is 0 Å². The van der Waals surface area contributed by atoms with Crippen LogP contribution in [-0.4, -0.2) is 5.48 Å². The molecule has 3 rings (SSSR count). The van der Waals surface area contributed by atoms with Crippen molar-refractivity contribution in [2.45, 2.75) is 0 Å². The molecule has 3 aromatic rings. The molecule has 5 N–H and O–H groups in total. The van der Waals surface area contributed by atoms with Crippen molar-refractivity contribution in [3.63, 3.8) is 0 Å². The van der Waals surface area contributed by atoms with Crippen LogP contribution in [0, 0.1) is 0 Å². The molecule has 0 amide bonds. The standard InChI is InChI=1S/C9H4O3.C6H6Cl2N2.H2O/c10-7-5-3-1-2-4-6(5)8(11)9(7)12;7-4-1-2-6(10-9)5(8)3-4;/h1-4H;1-3,10H,9H2;1H2. The fourth-order valence-electron chi connectivity index (χ4n) is 1.83. The van der Waals surface area contributed by atoms with Crippen molar-refractivity contribution in [1.82, 2.24) is 0 Å². The molecule has 0 aliphatic rings. The van der Waals surface area contributed by atoms with Crippen molar-refractivity contribution in [2.75, 3.05) is 5.43 Å². The van der Waals surface area contributed by atoms with E-state index >= 15 is 0 Å². The van der Waals surface area contributed by atoms with Crippen LogP contribution in [-0.2, 0) is 0 Å². The van der Waals surface area contributed by atoms with E-state index in [0.29, 0.717) is 15.7 Å². The molecular weight excluding hydrogens is 343 g/mol. The van der Waals surface area contributed by atoms with Crippen LogP contribution in [0.3, 0.4) is 0 Å². The second-order valence-corrected chi connectivity index (χ2v) is 5.15. The van der Waals surface area contributed by atoms with E-state index in [1.807, 2.05) is 0 Å². The molecule has 0 atom stereocenters. The van der Waals surface area contributed by atoms with Crippen LogP contribution < -0.4 is 27.6 Å². The third-order valence-electron chi connectivity index (χ3n) is 2.92. The summed E-state index contributed by atoms with van der Waals surface area (Å²) in [6.45, 7) is 0. The maximum Gasteiger partial charge on any atom is 0.273 e. The fraction of sp³-hybridized carbons (Fsp3) is 0. The third kappa shape index (κ3) is 3.94. The van der Waals surface area contributed by atoms with Gasteiger partial charge in [-0.1, -0.05) is 47.5 Å². The smallest absolute Gasteiger partial charge is 0.273 e. The van der Waals surface area contributed by atoms with E-state index in [9.17, 15) is 14.4 Å². The summed E-state index contributed by atoms with van der Waals surface area (Å²) in [5.41, 5.74) is 0.815. The minimum atomic E-state index is -0.920. The number of fused-ring (bicyclic) bond motifs is 1. The number of hydrazine groups is 1. The Balaban J connectivity index is 0.000000224. The first-order valence-corrected chi connectivity index (χ1v) is 6.85. The van der Waals surface area contributed by atoms with Gasteiger partial charge < -0.3 is 10.9 Å². The van der Waals surface area contributed by atoms with Crippen molar-refractivity contribution >= 4 is 39.7 Å². The second kappa shape index (κ2) is 7.85. The minimum Gasteiger partial charge on any atom is -0.412 e. The number of anilines is 1. The highest BCUT2D eigenvalue weighted by Gasteiger charge is 2.09. The normalized spacial score (nSPS) is 9.70. The number of nitrogen functional groups attached to an aromatic ring is 1. The van der Waals surface area contributed by atoms with Crippen molar-refractivity contribution in [1.29, 1.82) is 0 Å². The van der Waals surface area contributed by atoms with Crippen molar-refractivity contribution in [3.8, 4) is 0 Å². The highest BCUT2D eigenvalue weighted by Crippen LogP contribution is 2.23. The van der Waals surface area contributed by atoms with E-state index in [2.05, 4.69) is 5.43 Å². The number of nitrogens with two attached hydrogens (primary N) is 1. The Morgan fingerprint density at radius 3 is 1.78 bits per heavy atom. The van der Waals surface area contributed by atoms with Gasteiger partial charge in [-0.2, -0.15) is 0 Å². The van der Waals surface area contributed by atoms with E-state index in [4.69, 9.17) is 29.0 Å². The molecule has 0 aromatic heterocycles. The summed E-state index contributed by atoms with van der Waals surface area (Å²) in [5, 5.41) is 1.58. The molecule has 0 radical (unpaired) electrons. The summed E-state index contributed by atoms with van der Waals surface area (Å²) in [5.74, 6) is 5.12. The van der Waals surface area contributed by atoms with Crippen LogP contribution in [0.2, 0.25) is 10.0 Å². The van der Waals surface area contributed by atoms with Crippen molar-refractivity contribution in [3.05, 3.63) is 83.2 Å². The Hall–Kier alpha value is -2.25. The largest absolute Gasteiger partial charge is 0.412 e. The molecule has 6 nitrogen and oxygen atoms in total. The predicted molar refractivity (Wildman–Crippen MR) is 93.0 cm³/mol. The third-order valence-corrected chi connectivity index (χ3v) is 3.46. The summed E-state index contributed by atoms with van der Waals surface area (Å²) in [7, 11) is 0. The molecule has 0 saturated heterocycles. The minimum absolute atomic E-state index is 0. The van der Waals surface area contributed by atoms with Gasteiger partial charge in [0.1, 0.15) is 0 Å². The summed E-state index contributed by atoms with van der Waals surface area (Å²) in [4.78, 5) is 32.9. The average molecular weight is 355 g/mol. The molecule has 8 heteroatoms. The van der Waals surface area contributed by atoms with Gasteiger partial charge in [0.2, 0.25) is 10.9 Å². The molecular formula is C15H12Cl2N2O4. The highest BCUT2D eigenvalue weighted by molar-refractivity contribution is 6.36. The average Bonchev–Trinajstić information content (AvgIpc) is 2.73. The topological polar surface area (TPSA) is 121 Å². The van der Waals surface area contributed by atoms with Gasteiger partial charge in [-0.05, 0) is 18.2 Å². The molecule has 0 spiro atoms. The Bertz CT molecular complexity index is 916. The molecule has 23 heavy (non-hydrogen) atoms. The molecule has 0 heterocycles. The van der Waals surface area contributed by atoms with E-state index in [1.165, 1.54) is 12.1 Å². The van der Waals surface area contributed by atoms with Crippen LogP contribution in [0.25, 0.3) is 10.8 Å². The molecule has 0 aliphatic heterocycles. The molecule has 0 aliphatic carbocycles. The second-order valence-electron chi connectivity index (χ2n) is 4.30.